The molecule has 12 N–H and O–H groups in total. The molecule has 6 aliphatic heterocycles. The van der Waals surface area contributed by atoms with Gasteiger partial charge in [0, 0.05) is 145 Å². The zero-order valence-corrected chi connectivity index (χ0v) is 85.6. The van der Waals surface area contributed by atoms with E-state index in [0.717, 1.165) is 155 Å². The summed E-state index contributed by atoms with van der Waals surface area (Å²) in [6.45, 7) is 34.8. The van der Waals surface area contributed by atoms with Crippen molar-refractivity contribution in [3.05, 3.63) is 114 Å². The summed E-state index contributed by atoms with van der Waals surface area (Å²) in [6.07, 6.45) is 21.0. The van der Waals surface area contributed by atoms with E-state index in [4.69, 9.17) is 0 Å². The Morgan fingerprint density at radius 2 is 0.630 bits per heavy atom. The van der Waals surface area contributed by atoms with Crippen LogP contribution in [0, 0.1) is 27.7 Å². The standard InChI is InChI=1S/C26H35N5O3S.C25H33F2N5O3S.C24H33N5O3S.C23H31F2N5O3S/c1-15-12-19(30-26(4)10-5-11-26)27-13-18(15)21-20(24(33)31-16-6-7-17(31)9-8-16)29-23(35-21)22(32)28-14-25(2,3)34;1-14-9-17(31-24(5)7-6-8-24)28-11-16(14)19-18(22(34)32-13-25(26,27)10-15(32)2)30-21(36-19)20(33)29-12-23(3,4)35;1-13(2)27-18-10-14(3)17(11-25-18)20-19(23(31)29-15-6-7-16(29)9-8-15)28-22(33-20)21(30)26-12-24(4,5)32;1-12(2)28-16-7-13(3)15(9-26-16)18-17(21(32)30-11-23(24,25)8-14(30)4)29-20(34-18)19(31)27-10-22(5,6)33/h12-13,16-17,34H,5-11,14H2,1-4H3,(H,27,30)(H,28,32);9,11,15,35H,6-8,10,12-13H2,1-5H3,(H,28,31)(H,29,33);10-11,13,15-16,32H,6-9,12H2,1-5H3,(H,25,27)(H,26,30);7,9,12,14,33H,8,10-11H2,1-6H3,(H,26,28)(H,27,31)/t;15-;;14-/m.0.0/s1. The zero-order valence-electron chi connectivity index (χ0n) is 82.4. The SMILES string of the molecule is Cc1cc(NC(C)C)ncc1-c1sc(C(=O)NCC(C)(C)O)nc1C(=O)N1C2CCC1CC2.Cc1cc(NC(C)C)ncc1-c1sc(C(=O)NCC(C)(C)O)nc1C(=O)N1CC(F)(F)C[C@@H]1C.Cc1cc(NC2(C)CCC2)ncc1-c1sc(C(=O)NCC(C)(C)O)nc1C(=O)N1C2CCC1CC2.Cc1cc(NC2(C)CCC2)ncc1-c1sc(C(=O)NCC(C)(C)O)nc1C(=O)N1CC(F)(F)C[C@@H]1C. The van der Waals surface area contributed by atoms with Gasteiger partial charge in [-0.25, -0.2) is 57.4 Å². The van der Waals surface area contributed by atoms with Crippen molar-refractivity contribution >= 4 is 116 Å². The number of nitrogens with one attached hydrogen (secondary N) is 8. The Morgan fingerprint density at radius 3 is 0.833 bits per heavy atom. The number of alkyl halides is 4. The van der Waals surface area contributed by atoms with Crippen molar-refractivity contribution in [1.82, 2.24) is 80.7 Å². The molecule has 8 aromatic heterocycles. The van der Waals surface area contributed by atoms with Crippen LogP contribution in [0.25, 0.3) is 41.8 Å². The third kappa shape index (κ3) is 25.7. The predicted molar refractivity (Wildman–Crippen MR) is 529 cm³/mol. The summed E-state index contributed by atoms with van der Waals surface area (Å²) in [5.41, 5.74) is 2.68. The summed E-state index contributed by atoms with van der Waals surface area (Å²) in [7, 11) is 0. The van der Waals surface area contributed by atoms with Crippen molar-refractivity contribution in [2.24, 2.45) is 0 Å². The number of carbonyl (C=O) groups excluding carboxylic acids is 8. The molecule has 138 heavy (non-hydrogen) atoms. The van der Waals surface area contributed by atoms with E-state index in [1.807, 2.05) is 89.5 Å². The monoisotopic (exact) mass is 1980 g/mol. The van der Waals surface area contributed by atoms with Gasteiger partial charge in [0.15, 0.2) is 20.0 Å². The molecule has 32 nitrogen and oxygen atoms in total. The van der Waals surface area contributed by atoms with Gasteiger partial charge in [0.05, 0.1) is 55.0 Å². The smallest absolute Gasteiger partial charge is 0.280 e. The lowest BCUT2D eigenvalue weighted by atomic mass is 9.78. The normalized spacial score (nSPS) is 20.3. The maximum Gasteiger partial charge on any atom is 0.280 e. The number of pyridine rings is 4. The zero-order chi connectivity index (χ0) is 101. The maximum absolute atomic E-state index is 14.1. The molecule has 0 aromatic carbocycles. The molecule has 0 radical (unpaired) electrons. The molecule has 0 unspecified atom stereocenters. The van der Waals surface area contributed by atoms with Gasteiger partial charge in [-0.2, -0.15) is 0 Å². The fourth-order valence-corrected chi connectivity index (χ4v) is 22.6. The molecule has 14 heterocycles. The summed E-state index contributed by atoms with van der Waals surface area (Å²) < 4.78 is 56.1. The van der Waals surface area contributed by atoms with Crippen LogP contribution in [0.15, 0.2) is 49.1 Å². The molecule has 8 aromatic rings. The second-order valence-electron chi connectivity index (χ2n) is 42.0. The van der Waals surface area contributed by atoms with E-state index in [1.54, 1.807) is 94.0 Å². The minimum Gasteiger partial charge on any atom is -0.389 e. The first kappa shape index (κ1) is 105. The van der Waals surface area contributed by atoms with Gasteiger partial charge < -0.3 is 82.6 Å². The van der Waals surface area contributed by atoms with Crippen molar-refractivity contribution in [2.75, 3.05) is 60.5 Å². The highest BCUT2D eigenvalue weighted by atomic mass is 32.1. The second-order valence-corrected chi connectivity index (χ2v) is 46.0. The first-order chi connectivity index (χ1) is 64.4. The Labute approximate surface area is 819 Å². The number of amides is 8. The Kier molecular flexibility index (Phi) is 31.5. The molecule has 2 atom stereocenters. The number of hydrogen-bond donors (Lipinski definition) is 12. The van der Waals surface area contributed by atoms with Crippen molar-refractivity contribution in [2.45, 2.75) is 335 Å². The van der Waals surface area contributed by atoms with Gasteiger partial charge in [0.25, 0.3) is 59.1 Å². The third-order valence-corrected chi connectivity index (χ3v) is 30.2. The summed E-state index contributed by atoms with van der Waals surface area (Å²) in [5, 5.41) is 64.5. The van der Waals surface area contributed by atoms with E-state index in [2.05, 4.69) is 96.3 Å². The average Bonchev–Trinajstić information content (AvgIpc) is 1.64. The molecule has 8 aliphatic rings. The van der Waals surface area contributed by atoms with E-state index in [-0.39, 0.29) is 123 Å². The van der Waals surface area contributed by atoms with Crippen LogP contribution in [0.3, 0.4) is 0 Å². The number of aromatic nitrogens is 8. The number of aliphatic hydroxyl groups is 4. The number of halogens is 4. The van der Waals surface area contributed by atoms with Crippen LogP contribution in [0.1, 0.15) is 317 Å². The highest BCUT2D eigenvalue weighted by Gasteiger charge is 2.50. The fourth-order valence-electron chi connectivity index (χ4n) is 18.4. The number of likely N-dealkylation sites (tertiary alicyclic amines) is 2. The Bertz CT molecular complexity index is 5820. The molecule has 40 heteroatoms. The van der Waals surface area contributed by atoms with Gasteiger partial charge in [-0.1, -0.05) is 0 Å². The molecule has 748 valence electrons. The van der Waals surface area contributed by atoms with Crippen LogP contribution in [0.4, 0.5) is 40.8 Å². The first-order valence-corrected chi connectivity index (χ1v) is 50.7. The number of anilines is 4. The Hall–Kier alpha value is -10.4. The van der Waals surface area contributed by atoms with Crippen LogP contribution in [-0.2, 0) is 0 Å². The van der Waals surface area contributed by atoms with Crippen LogP contribution in [0.5, 0.6) is 0 Å². The molecule has 2 saturated carbocycles. The molecule has 6 saturated heterocycles. The number of rotatable bonds is 28. The van der Waals surface area contributed by atoms with Crippen molar-refractivity contribution in [1.29, 1.82) is 0 Å². The molecule has 4 bridgehead atoms. The Morgan fingerprint density at radius 1 is 0.399 bits per heavy atom. The van der Waals surface area contributed by atoms with Gasteiger partial charge >= 0.3 is 0 Å². The average molecular weight is 1990 g/mol. The molecular weight excluding hydrogens is 1850 g/mol. The van der Waals surface area contributed by atoms with Gasteiger partial charge in [-0.05, 0) is 275 Å². The van der Waals surface area contributed by atoms with Crippen LogP contribution >= 0.6 is 45.3 Å². The summed E-state index contributed by atoms with van der Waals surface area (Å²) in [4.78, 5) is 149. The van der Waals surface area contributed by atoms with E-state index in [0.29, 0.717) is 53.7 Å². The van der Waals surface area contributed by atoms with Crippen LogP contribution in [0.2, 0.25) is 0 Å². The maximum atomic E-state index is 14.1. The van der Waals surface area contributed by atoms with Gasteiger partial charge in [-0.3, -0.25) is 38.4 Å². The molecule has 8 fully saturated rings. The largest absolute Gasteiger partial charge is 0.389 e. The molecule has 8 amide bonds. The summed E-state index contributed by atoms with van der Waals surface area (Å²) in [5.74, 6) is -6.35. The molecule has 0 spiro atoms. The van der Waals surface area contributed by atoms with Crippen LogP contribution in [-0.4, -0.2) is 260 Å². The number of fused-ring (bicyclic) bond motifs is 4. The number of aryl methyl sites for hydroxylation is 4. The lowest BCUT2D eigenvalue weighted by Gasteiger charge is -2.39. The minimum atomic E-state index is -2.97. The van der Waals surface area contributed by atoms with E-state index in [9.17, 15) is 76.3 Å². The molecule has 2 aliphatic carbocycles. The highest BCUT2D eigenvalue weighted by molar-refractivity contribution is 7.18. The lowest BCUT2D eigenvalue weighted by Crippen LogP contribution is -2.41. The van der Waals surface area contributed by atoms with E-state index in [1.165, 1.54) is 35.5 Å². The number of hydrogen-bond acceptors (Lipinski definition) is 28. The van der Waals surface area contributed by atoms with Crippen molar-refractivity contribution in [3.8, 4) is 41.8 Å². The lowest BCUT2D eigenvalue weighted by molar-refractivity contribution is 0.0115. The van der Waals surface area contributed by atoms with Gasteiger partial charge in [0.2, 0.25) is 0 Å². The van der Waals surface area contributed by atoms with Gasteiger partial charge in [0.1, 0.15) is 46.0 Å². The number of thiazole rings is 4. The van der Waals surface area contributed by atoms with Crippen molar-refractivity contribution < 1.29 is 76.3 Å². The number of nitrogens with zero attached hydrogens (tertiary/aromatic N) is 12. The highest BCUT2D eigenvalue weighted by Crippen LogP contribution is 2.47. The van der Waals surface area contributed by atoms with Crippen LogP contribution < -0.4 is 42.5 Å². The topological polar surface area (TPSA) is 430 Å². The summed E-state index contributed by atoms with van der Waals surface area (Å²) >= 11 is 4.42. The number of carbonyl (C=O) groups is 8. The molecular formula is C98H132F4N20O12S4. The second kappa shape index (κ2) is 41.4. The van der Waals surface area contributed by atoms with E-state index < -0.39 is 102 Å². The molecule has 16 rings (SSSR count). The summed E-state index contributed by atoms with van der Waals surface area (Å²) in [6, 6.07) is 7.83. The fraction of sp³-hybridized carbons (Fsp3) is 0.592. The Balaban J connectivity index is 0.000000155. The predicted octanol–water partition coefficient (Wildman–Crippen LogP) is 15.7. The first-order valence-electron chi connectivity index (χ1n) is 47.5. The van der Waals surface area contributed by atoms with Gasteiger partial charge in [-0.15, -0.1) is 45.3 Å². The third-order valence-electron chi connectivity index (χ3n) is 25.8. The van der Waals surface area contributed by atoms with E-state index >= 15 is 0 Å². The quantitative estimate of drug-likeness (QED) is 0.0203. The minimum absolute atomic E-state index is 0.00462. The van der Waals surface area contributed by atoms with Crippen molar-refractivity contribution in [3.63, 3.8) is 0 Å².